The minimum absolute atomic E-state index is 1.13. The van der Waals surface area contributed by atoms with Crippen molar-refractivity contribution >= 4 is 24.4 Å². The molecule has 0 nitrogen and oxygen atoms in total. The van der Waals surface area contributed by atoms with E-state index in [1.165, 1.54) is 24.6 Å². The lowest BCUT2D eigenvalue weighted by atomic mass is 9.98. The molecular weight excluding hydrogens is 175 g/mol. The zero-order valence-corrected chi connectivity index (χ0v) is 8.09. The van der Waals surface area contributed by atoms with Gasteiger partial charge in [0.25, 0.3) is 0 Å². The number of allylic oxidation sites excluding steroid dienone is 4. The highest BCUT2D eigenvalue weighted by Crippen LogP contribution is 2.31. The number of hydrogen-bond acceptors (Lipinski definition) is 0. The highest BCUT2D eigenvalue weighted by Gasteiger charge is 2.18. The Bertz CT molecular complexity index is 450. The van der Waals surface area contributed by atoms with E-state index in [1.807, 2.05) is 0 Å². The van der Waals surface area contributed by atoms with Crippen LogP contribution in [0.5, 0.6) is 0 Å². The lowest BCUT2D eigenvalue weighted by Crippen LogP contribution is -1.99. The Morgan fingerprint density at radius 3 is 3.08 bits per heavy atom. The average Bonchev–Trinajstić information content (AvgIpc) is 2.56. The van der Waals surface area contributed by atoms with Gasteiger partial charge in [0, 0.05) is 5.30 Å². The van der Waals surface area contributed by atoms with Crippen molar-refractivity contribution < 1.29 is 0 Å². The molecule has 0 N–H and O–H groups in total. The van der Waals surface area contributed by atoms with Crippen LogP contribution in [0.25, 0.3) is 5.57 Å². The van der Waals surface area contributed by atoms with Crippen LogP contribution in [0.3, 0.4) is 0 Å². The summed E-state index contributed by atoms with van der Waals surface area (Å²) in [6.45, 7) is 0. The molecule has 62 valence electrons. The molecule has 0 bridgehead atoms. The van der Waals surface area contributed by atoms with E-state index in [1.54, 1.807) is 5.29 Å². The first kappa shape index (κ1) is 7.29. The zero-order chi connectivity index (χ0) is 8.67. The molecule has 1 aliphatic heterocycles. The van der Waals surface area contributed by atoms with Gasteiger partial charge in [-0.05, 0) is 28.9 Å². The molecule has 0 fully saturated rings. The van der Waals surface area contributed by atoms with Crippen LogP contribution < -0.4 is 5.30 Å². The largest absolute Gasteiger partial charge is 0.0797 e. The van der Waals surface area contributed by atoms with Crippen LogP contribution in [0.2, 0.25) is 0 Å². The van der Waals surface area contributed by atoms with E-state index < -0.39 is 0 Å². The van der Waals surface area contributed by atoms with Crippen molar-refractivity contribution in [2.75, 3.05) is 0 Å². The van der Waals surface area contributed by atoms with Gasteiger partial charge in [-0.2, -0.15) is 0 Å². The number of fused-ring (bicyclic) bond motifs is 3. The molecule has 1 heterocycles. The highest BCUT2D eigenvalue weighted by molar-refractivity contribution is 7.52. The maximum absolute atomic E-state index is 2.23. The molecular formula is C12H9P. The van der Waals surface area contributed by atoms with Crippen molar-refractivity contribution in [1.29, 1.82) is 0 Å². The van der Waals surface area contributed by atoms with Gasteiger partial charge in [-0.3, -0.25) is 0 Å². The number of hydrogen-bond donors (Lipinski definition) is 0. The lowest BCUT2D eigenvalue weighted by molar-refractivity contribution is 1.50. The standard InChI is InChI=1S/C12H9P/c1-3-7-11-9(5-1)10-6-2-4-8-12(10)13-11/h1-7H,8H2. The average molecular weight is 184 g/mol. The minimum atomic E-state index is 1.13. The summed E-state index contributed by atoms with van der Waals surface area (Å²) in [5.41, 5.74) is 2.89. The Labute approximate surface area is 79.4 Å². The van der Waals surface area contributed by atoms with Crippen LogP contribution in [0, 0.1) is 0 Å². The molecule has 0 atom stereocenters. The third-order valence-corrected chi connectivity index (χ3v) is 3.79. The fourth-order valence-electron chi connectivity index (χ4n) is 1.85. The van der Waals surface area contributed by atoms with E-state index in [9.17, 15) is 0 Å². The van der Waals surface area contributed by atoms with Gasteiger partial charge >= 0.3 is 0 Å². The Kier molecular flexibility index (Phi) is 1.50. The van der Waals surface area contributed by atoms with Crippen LogP contribution in [-0.4, -0.2) is 5.29 Å². The van der Waals surface area contributed by atoms with Gasteiger partial charge in [0.05, 0.1) is 0 Å². The second-order valence-corrected chi connectivity index (χ2v) is 4.53. The summed E-state index contributed by atoms with van der Waals surface area (Å²) in [4.78, 5) is 0. The van der Waals surface area contributed by atoms with Crippen LogP contribution in [-0.2, 0) is 0 Å². The quantitative estimate of drug-likeness (QED) is 0.544. The van der Waals surface area contributed by atoms with E-state index in [-0.39, 0.29) is 0 Å². The molecule has 3 rings (SSSR count). The van der Waals surface area contributed by atoms with Gasteiger partial charge in [-0.25, -0.2) is 0 Å². The summed E-state index contributed by atoms with van der Waals surface area (Å²) in [5, 5.41) is 3.02. The first-order chi connectivity index (χ1) is 6.45. The summed E-state index contributed by atoms with van der Waals surface area (Å²) in [5.74, 6) is 0. The third-order valence-electron chi connectivity index (χ3n) is 2.47. The molecule has 1 aromatic carbocycles. The number of rotatable bonds is 0. The summed E-state index contributed by atoms with van der Waals surface area (Å²) in [6, 6.07) is 8.69. The number of benzene rings is 1. The maximum atomic E-state index is 2.23. The third kappa shape index (κ3) is 1.03. The molecule has 13 heavy (non-hydrogen) atoms. The SMILES string of the molecule is C1=CCC2=Pc3ccccc3C2=C1. The van der Waals surface area contributed by atoms with Crippen molar-refractivity contribution in [2.45, 2.75) is 6.42 Å². The summed E-state index contributed by atoms with van der Waals surface area (Å²) in [7, 11) is 1.41. The van der Waals surface area contributed by atoms with Crippen molar-refractivity contribution in [3.05, 3.63) is 48.1 Å². The molecule has 1 aromatic rings. The van der Waals surface area contributed by atoms with Crippen molar-refractivity contribution in [2.24, 2.45) is 0 Å². The smallest absolute Gasteiger partial charge is 0.00994 e. The van der Waals surface area contributed by atoms with Gasteiger partial charge in [0.1, 0.15) is 0 Å². The first-order valence-corrected chi connectivity index (χ1v) is 5.39. The fraction of sp³-hybridized carbons (Fsp3) is 0.0833. The van der Waals surface area contributed by atoms with Crippen molar-refractivity contribution in [1.82, 2.24) is 0 Å². The van der Waals surface area contributed by atoms with Gasteiger partial charge in [-0.15, -0.1) is 0 Å². The topological polar surface area (TPSA) is 0 Å². The zero-order valence-electron chi connectivity index (χ0n) is 7.20. The molecule has 0 aromatic heterocycles. The van der Waals surface area contributed by atoms with E-state index in [0.29, 0.717) is 0 Å². The Morgan fingerprint density at radius 2 is 2.08 bits per heavy atom. The molecule has 0 amide bonds. The molecule has 0 radical (unpaired) electrons. The fourth-order valence-corrected chi connectivity index (χ4v) is 3.12. The molecule has 0 spiro atoms. The van der Waals surface area contributed by atoms with Crippen LogP contribution in [0.4, 0.5) is 0 Å². The Hall–Kier alpha value is -1.13. The van der Waals surface area contributed by atoms with Gasteiger partial charge in [0.2, 0.25) is 0 Å². The summed E-state index contributed by atoms with van der Waals surface area (Å²) in [6.07, 6.45) is 7.76. The van der Waals surface area contributed by atoms with Gasteiger partial charge < -0.3 is 0 Å². The van der Waals surface area contributed by atoms with E-state index in [0.717, 1.165) is 6.42 Å². The summed E-state index contributed by atoms with van der Waals surface area (Å²) >= 11 is 0. The molecule has 0 unspecified atom stereocenters. The van der Waals surface area contributed by atoms with E-state index in [4.69, 9.17) is 0 Å². The predicted molar refractivity (Wildman–Crippen MR) is 59.7 cm³/mol. The normalized spacial score (nSPS) is 18.8. The molecule has 0 saturated carbocycles. The maximum Gasteiger partial charge on any atom is 0.00994 e. The predicted octanol–water partition coefficient (Wildman–Crippen LogP) is 2.79. The molecule has 1 aliphatic carbocycles. The molecule has 0 saturated heterocycles. The van der Waals surface area contributed by atoms with Crippen LogP contribution >= 0.6 is 8.20 Å². The van der Waals surface area contributed by atoms with E-state index in [2.05, 4.69) is 42.5 Å². The highest BCUT2D eigenvalue weighted by atomic mass is 31.1. The second kappa shape index (κ2) is 2.68. The lowest BCUT2D eigenvalue weighted by Gasteiger charge is -2.06. The molecule has 1 heteroatoms. The van der Waals surface area contributed by atoms with Gasteiger partial charge in [0.15, 0.2) is 0 Å². The van der Waals surface area contributed by atoms with Crippen LogP contribution in [0.1, 0.15) is 12.0 Å². The van der Waals surface area contributed by atoms with Crippen LogP contribution in [0.15, 0.2) is 42.5 Å². The Morgan fingerprint density at radius 1 is 1.15 bits per heavy atom. The van der Waals surface area contributed by atoms with Gasteiger partial charge in [-0.1, -0.05) is 44.6 Å². The summed E-state index contributed by atoms with van der Waals surface area (Å²) < 4.78 is 0. The minimum Gasteiger partial charge on any atom is -0.0797 e. The Balaban J connectivity index is 2.26. The second-order valence-electron chi connectivity index (χ2n) is 3.29. The monoisotopic (exact) mass is 184 g/mol. The first-order valence-electron chi connectivity index (χ1n) is 4.49. The van der Waals surface area contributed by atoms with Crippen molar-refractivity contribution in [3.8, 4) is 0 Å². The molecule has 2 aliphatic rings. The van der Waals surface area contributed by atoms with Crippen molar-refractivity contribution in [3.63, 3.8) is 0 Å². The van der Waals surface area contributed by atoms with E-state index >= 15 is 0 Å².